The number of nitrogens with zero attached hydrogens (tertiary/aromatic N) is 1. The van der Waals surface area contributed by atoms with E-state index in [4.69, 9.17) is 4.74 Å². The fourth-order valence-electron chi connectivity index (χ4n) is 2.05. The number of aliphatic hydroxyl groups excluding tert-OH is 1. The third-order valence-corrected chi connectivity index (χ3v) is 3.03. The van der Waals surface area contributed by atoms with E-state index in [0.29, 0.717) is 5.56 Å². The van der Waals surface area contributed by atoms with Crippen molar-refractivity contribution in [3.05, 3.63) is 29.3 Å². The molecule has 0 aromatic heterocycles. The van der Waals surface area contributed by atoms with Crippen molar-refractivity contribution in [1.82, 2.24) is 4.90 Å². The molecule has 1 rings (SSSR count). The summed E-state index contributed by atoms with van der Waals surface area (Å²) in [5, 5.41) is 12.9. The Balaban J connectivity index is 2.74. The van der Waals surface area contributed by atoms with Gasteiger partial charge in [0.15, 0.2) is 0 Å². The van der Waals surface area contributed by atoms with Gasteiger partial charge in [0.25, 0.3) is 5.91 Å². The minimum atomic E-state index is -0.670. The minimum Gasteiger partial charge on any atom is -0.389 e. The van der Waals surface area contributed by atoms with Gasteiger partial charge in [0, 0.05) is 38.5 Å². The number of anilines is 1. The molecule has 0 aliphatic heterocycles. The average Bonchev–Trinajstić information content (AvgIpc) is 2.40. The van der Waals surface area contributed by atoms with Crippen LogP contribution in [0.3, 0.4) is 0 Å². The SMILES string of the molecule is CCNc1ccc(C(=O)N(C)CC(O)COC)cc1C. The quantitative estimate of drug-likeness (QED) is 0.794. The van der Waals surface area contributed by atoms with E-state index in [0.717, 1.165) is 17.8 Å². The van der Waals surface area contributed by atoms with Crippen LogP contribution >= 0.6 is 0 Å². The van der Waals surface area contributed by atoms with Gasteiger partial charge in [-0.15, -0.1) is 0 Å². The van der Waals surface area contributed by atoms with Crippen LogP contribution in [0.2, 0.25) is 0 Å². The first-order chi connectivity index (χ1) is 9.49. The molecule has 2 N–H and O–H groups in total. The molecule has 0 fully saturated rings. The van der Waals surface area contributed by atoms with Crippen molar-refractivity contribution in [2.24, 2.45) is 0 Å². The van der Waals surface area contributed by atoms with Gasteiger partial charge in [-0.1, -0.05) is 0 Å². The van der Waals surface area contributed by atoms with Crippen LogP contribution in [-0.4, -0.2) is 55.9 Å². The zero-order valence-electron chi connectivity index (χ0n) is 12.6. The highest BCUT2D eigenvalue weighted by molar-refractivity contribution is 5.94. The van der Waals surface area contributed by atoms with Gasteiger partial charge in [-0.2, -0.15) is 0 Å². The summed E-state index contributed by atoms with van der Waals surface area (Å²) >= 11 is 0. The highest BCUT2D eigenvalue weighted by Gasteiger charge is 2.16. The number of methoxy groups -OCH3 is 1. The molecule has 0 aliphatic carbocycles. The Morgan fingerprint density at radius 2 is 2.20 bits per heavy atom. The molecule has 112 valence electrons. The fraction of sp³-hybridized carbons (Fsp3) is 0.533. The maximum Gasteiger partial charge on any atom is 0.253 e. The zero-order valence-corrected chi connectivity index (χ0v) is 12.6. The highest BCUT2D eigenvalue weighted by atomic mass is 16.5. The first-order valence-corrected chi connectivity index (χ1v) is 6.76. The van der Waals surface area contributed by atoms with Gasteiger partial charge in [0.1, 0.15) is 0 Å². The summed E-state index contributed by atoms with van der Waals surface area (Å²) in [5.74, 6) is -0.105. The molecule has 1 aromatic rings. The number of aryl methyl sites for hydroxylation is 1. The molecule has 0 saturated carbocycles. The molecule has 5 heteroatoms. The second-order valence-electron chi connectivity index (χ2n) is 4.85. The third-order valence-electron chi connectivity index (χ3n) is 3.03. The zero-order chi connectivity index (χ0) is 15.1. The van der Waals surface area contributed by atoms with Crippen LogP contribution in [-0.2, 0) is 4.74 Å². The summed E-state index contributed by atoms with van der Waals surface area (Å²) < 4.78 is 4.86. The molecular weight excluding hydrogens is 256 g/mol. The Morgan fingerprint density at radius 1 is 1.50 bits per heavy atom. The third kappa shape index (κ3) is 4.51. The molecule has 0 bridgehead atoms. The molecule has 0 heterocycles. The Labute approximate surface area is 120 Å². The molecule has 0 spiro atoms. The second-order valence-corrected chi connectivity index (χ2v) is 4.85. The van der Waals surface area contributed by atoms with E-state index in [1.165, 1.54) is 12.0 Å². The van der Waals surface area contributed by atoms with Crippen molar-refractivity contribution in [1.29, 1.82) is 0 Å². The van der Waals surface area contributed by atoms with Gasteiger partial charge >= 0.3 is 0 Å². The van der Waals surface area contributed by atoms with E-state index >= 15 is 0 Å². The number of carbonyl (C=O) groups is 1. The maximum atomic E-state index is 12.3. The molecule has 0 saturated heterocycles. The number of hydrogen-bond donors (Lipinski definition) is 2. The monoisotopic (exact) mass is 280 g/mol. The predicted molar refractivity (Wildman–Crippen MR) is 80.2 cm³/mol. The summed E-state index contributed by atoms with van der Waals surface area (Å²) in [4.78, 5) is 13.8. The van der Waals surface area contributed by atoms with Crippen LogP contribution in [0.4, 0.5) is 5.69 Å². The Morgan fingerprint density at radius 3 is 2.75 bits per heavy atom. The fourth-order valence-corrected chi connectivity index (χ4v) is 2.05. The van der Waals surface area contributed by atoms with Gasteiger partial charge in [-0.05, 0) is 37.6 Å². The minimum absolute atomic E-state index is 0.105. The number of aliphatic hydroxyl groups is 1. The Kier molecular flexibility index (Phi) is 6.48. The van der Waals surface area contributed by atoms with E-state index < -0.39 is 6.10 Å². The van der Waals surface area contributed by atoms with E-state index in [9.17, 15) is 9.90 Å². The lowest BCUT2D eigenvalue weighted by Crippen LogP contribution is -2.36. The molecule has 1 aromatic carbocycles. The topological polar surface area (TPSA) is 61.8 Å². The van der Waals surface area contributed by atoms with Crippen LogP contribution in [0.15, 0.2) is 18.2 Å². The Bertz CT molecular complexity index is 449. The van der Waals surface area contributed by atoms with Gasteiger partial charge in [0.05, 0.1) is 12.7 Å². The van der Waals surface area contributed by atoms with Crippen molar-refractivity contribution < 1.29 is 14.6 Å². The predicted octanol–water partition coefficient (Wildman–Crippen LogP) is 1.51. The molecule has 20 heavy (non-hydrogen) atoms. The van der Waals surface area contributed by atoms with Crippen molar-refractivity contribution in [2.45, 2.75) is 20.0 Å². The van der Waals surface area contributed by atoms with Crippen LogP contribution in [0.25, 0.3) is 0 Å². The van der Waals surface area contributed by atoms with Gasteiger partial charge < -0.3 is 20.1 Å². The van der Waals surface area contributed by atoms with E-state index in [1.807, 2.05) is 26.0 Å². The molecule has 0 radical (unpaired) electrons. The number of benzene rings is 1. The van der Waals surface area contributed by atoms with Crippen LogP contribution < -0.4 is 5.32 Å². The first kappa shape index (κ1) is 16.5. The lowest BCUT2D eigenvalue weighted by atomic mass is 10.1. The molecule has 1 atom stereocenters. The lowest BCUT2D eigenvalue weighted by Gasteiger charge is -2.21. The lowest BCUT2D eigenvalue weighted by molar-refractivity contribution is 0.0380. The summed E-state index contributed by atoms with van der Waals surface area (Å²) in [7, 11) is 3.20. The first-order valence-electron chi connectivity index (χ1n) is 6.76. The average molecular weight is 280 g/mol. The molecule has 5 nitrogen and oxygen atoms in total. The van der Waals surface area contributed by atoms with E-state index in [1.54, 1.807) is 13.1 Å². The largest absolute Gasteiger partial charge is 0.389 e. The molecular formula is C15H24N2O3. The number of ether oxygens (including phenoxy) is 1. The molecule has 1 unspecified atom stereocenters. The van der Waals surface area contributed by atoms with E-state index in [-0.39, 0.29) is 19.1 Å². The van der Waals surface area contributed by atoms with Gasteiger partial charge in [-0.3, -0.25) is 4.79 Å². The Hall–Kier alpha value is -1.59. The number of hydrogen-bond acceptors (Lipinski definition) is 4. The standard InChI is InChI=1S/C15H24N2O3/c1-5-16-14-7-6-12(8-11(14)2)15(19)17(3)9-13(18)10-20-4/h6-8,13,16,18H,5,9-10H2,1-4H3. The summed E-state index contributed by atoms with van der Waals surface area (Å²) in [6.07, 6.45) is -0.670. The highest BCUT2D eigenvalue weighted by Crippen LogP contribution is 2.17. The van der Waals surface area contributed by atoms with Crippen molar-refractivity contribution in [2.75, 3.05) is 39.2 Å². The number of carbonyl (C=O) groups excluding carboxylic acids is 1. The van der Waals surface area contributed by atoms with Crippen molar-refractivity contribution in [3.63, 3.8) is 0 Å². The molecule has 0 aliphatic rings. The number of amides is 1. The summed E-state index contributed by atoms with van der Waals surface area (Å²) in [6, 6.07) is 5.57. The number of nitrogens with one attached hydrogen (secondary N) is 1. The van der Waals surface area contributed by atoms with Gasteiger partial charge in [0.2, 0.25) is 0 Å². The second kappa shape index (κ2) is 7.87. The maximum absolute atomic E-state index is 12.3. The van der Waals surface area contributed by atoms with Crippen molar-refractivity contribution in [3.8, 4) is 0 Å². The van der Waals surface area contributed by atoms with Crippen molar-refractivity contribution >= 4 is 11.6 Å². The van der Waals surface area contributed by atoms with Crippen LogP contribution in [0, 0.1) is 6.92 Å². The summed E-state index contributed by atoms with van der Waals surface area (Å²) in [6.45, 7) is 5.31. The van der Waals surface area contributed by atoms with Crippen LogP contribution in [0.5, 0.6) is 0 Å². The van der Waals surface area contributed by atoms with Gasteiger partial charge in [-0.25, -0.2) is 0 Å². The number of likely N-dealkylation sites (N-methyl/N-ethyl adjacent to an activating group) is 1. The van der Waals surface area contributed by atoms with E-state index in [2.05, 4.69) is 5.32 Å². The molecule has 1 amide bonds. The number of rotatable bonds is 7. The summed E-state index contributed by atoms with van der Waals surface area (Å²) in [5.41, 5.74) is 2.69. The van der Waals surface area contributed by atoms with Crippen LogP contribution in [0.1, 0.15) is 22.8 Å². The normalized spacial score (nSPS) is 12.1. The smallest absolute Gasteiger partial charge is 0.253 e.